The van der Waals surface area contributed by atoms with Crippen molar-refractivity contribution < 1.29 is 0 Å². The van der Waals surface area contributed by atoms with E-state index in [1.54, 1.807) is 6.33 Å². The minimum Gasteiger partial charge on any atom is -0.370 e. The van der Waals surface area contributed by atoms with Crippen molar-refractivity contribution in [3.63, 3.8) is 0 Å². The zero-order valence-electron chi connectivity index (χ0n) is 12.7. The van der Waals surface area contributed by atoms with Gasteiger partial charge in [-0.25, -0.2) is 9.97 Å². The lowest BCUT2D eigenvalue weighted by Crippen LogP contribution is -2.35. The second-order valence-corrected chi connectivity index (χ2v) is 6.05. The summed E-state index contributed by atoms with van der Waals surface area (Å²) in [5.41, 5.74) is 6.97. The molecule has 112 valence electrons. The summed E-state index contributed by atoms with van der Waals surface area (Å²) in [6, 6.07) is 2.44. The van der Waals surface area contributed by atoms with E-state index in [0.29, 0.717) is 12.0 Å². The van der Waals surface area contributed by atoms with Gasteiger partial charge in [0.05, 0.1) is 0 Å². The Morgan fingerprint density at radius 2 is 2.05 bits per heavy atom. The molecule has 1 aliphatic carbocycles. The molecule has 0 amide bonds. The summed E-state index contributed by atoms with van der Waals surface area (Å²) in [5.74, 6) is 1.48. The lowest BCUT2D eigenvalue weighted by atomic mass is 9.79. The highest BCUT2D eigenvalue weighted by Crippen LogP contribution is 2.34. The van der Waals surface area contributed by atoms with E-state index < -0.39 is 0 Å². The topological polar surface area (TPSA) is 67.1 Å². The third-order valence-corrected chi connectivity index (χ3v) is 3.87. The minimum atomic E-state index is 0.364. The van der Waals surface area contributed by atoms with Gasteiger partial charge >= 0.3 is 0 Å². The predicted octanol–water partition coefficient (Wildman–Crippen LogP) is 1.83. The van der Waals surface area contributed by atoms with Gasteiger partial charge in [-0.2, -0.15) is 0 Å². The van der Waals surface area contributed by atoms with Crippen LogP contribution in [0, 0.1) is 0 Å². The standard InChI is InChI=1S/C15H27N5/c1-20(2)7-5-3-4-6-17-15-10-14(18-11-19-15)12-8-13(16)9-12/h10-13H,3-9,16H2,1-2H3,(H,17,18,19). The zero-order valence-corrected chi connectivity index (χ0v) is 12.7. The molecule has 0 atom stereocenters. The smallest absolute Gasteiger partial charge is 0.129 e. The average molecular weight is 277 g/mol. The van der Waals surface area contributed by atoms with Crippen LogP contribution in [0.2, 0.25) is 0 Å². The van der Waals surface area contributed by atoms with Gasteiger partial charge in [0.2, 0.25) is 0 Å². The van der Waals surface area contributed by atoms with E-state index in [0.717, 1.165) is 30.9 Å². The molecule has 0 saturated heterocycles. The van der Waals surface area contributed by atoms with Crippen LogP contribution in [0.1, 0.15) is 43.7 Å². The van der Waals surface area contributed by atoms with Crippen LogP contribution in [0.3, 0.4) is 0 Å². The van der Waals surface area contributed by atoms with Gasteiger partial charge in [0.15, 0.2) is 0 Å². The second-order valence-electron chi connectivity index (χ2n) is 6.05. The number of nitrogens with one attached hydrogen (secondary N) is 1. The molecular weight excluding hydrogens is 250 g/mol. The number of hydrogen-bond acceptors (Lipinski definition) is 5. The number of aromatic nitrogens is 2. The predicted molar refractivity (Wildman–Crippen MR) is 82.9 cm³/mol. The molecule has 0 aliphatic heterocycles. The molecule has 0 radical (unpaired) electrons. The Bertz CT molecular complexity index is 401. The van der Waals surface area contributed by atoms with Crippen molar-refractivity contribution >= 4 is 5.82 Å². The normalized spacial score (nSPS) is 21.8. The van der Waals surface area contributed by atoms with Gasteiger partial charge in [-0.05, 0) is 46.3 Å². The van der Waals surface area contributed by atoms with Crippen molar-refractivity contribution in [2.45, 2.75) is 44.1 Å². The Labute approximate surface area is 122 Å². The highest BCUT2D eigenvalue weighted by molar-refractivity contribution is 5.36. The van der Waals surface area contributed by atoms with Crippen LogP contribution in [0.25, 0.3) is 0 Å². The molecule has 1 aromatic heterocycles. The number of anilines is 1. The van der Waals surface area contributed by atoms with Crippen LogP contribution in [-0.4, -0.2) is 48.1 Å². The lowest BCUT2D eigenvalue weighted by Gasteiger charge is -2.31. The molecule has 1 fully saturated rings. The summed E-state index contributed by atoms with van der Waals surface area (Å²) >= 11 is 0. The number of rotatable bonds is 8. The highest BCUT2D eigenvalue weighted by atomic mass is 15.0. The van der Waals surface area contributed by atoms with Crippen LogP contribution in [0.4, 0.5) is 5.82 Å². The van der Waals surface area contributed by atoms with Gasteiger partial charge in [-0.3, -0.25) is 0 Å². The summed E-state index contributed by atoms with van der Waals surface area (Å²) in [4.78, 5) is 10.9. The van der Waals surface area contributed by atoms with Crippen LogP contribution < -0.4 is 11.1 Å². The van der Waals surface area contributed by atoms with Gasteiger partial charge in [-0.15, -0.1) is 0 Å². The highest BCUT2D eigenvalue weighted by Gasteiger charge is 2.28. The fraction of sp³-hybridized carbons (Fsp3) is 0.733. The molecule has 0 bridgehead atoms. The maximum Gasteiger partial charge on any atom is 0.129 e. The third-order valence-electron chi connectivity index (χ3n) is 3.87. The first kappa shape index (κ1) is 15.2. The number of hydrogen-bond donors (Lipinski definition) is 2. The van der Waals surface area contributed by atoms with Gasteiger partial charge in [0, 0.05) is 30.3 Å². The first-order valence-electron chi connectivity index (χ1n) is 7.61. The molecule has 3 N–H and O–H groups in total. The maximum atomic E-state index is 5.83. The molecule has 5 nitrogen and oxygen atoms in total. The van der Waals surface area contributed by atoms with E-state index >= 15 is 0 Å². The first-order valence-corrected chi connectivity index (χ1v) is 7.61. The first-order chi connectivity index (χ1) is 9.65. The van der Waals surface area contributed by atoms with E-state index in [1.807, 2.05) is 0 Å². The number of nitrogens with two attached hydrogens (primary N) is 1. The third kappa shape index (κ3) is 4.72. The Balaban J connectivity index is 1.67. The summed E-state index contributed by atoms with van der Waals surface area (Å²) in [6.07, 6.45) is 7.46. The fourth-order valence-electron chi connectivity index (χ4n) is 2.54. The van der Waals surface area contributed by atoms with Crippen molar-refractivity contribution in [3.05, 3.63) is 18.1 Å². The molecule has 1 saturated carbocycles. The molecule has 20 heavy (non-hydrogen) atoms. The SMILES string of the molecule is CN(C)CCCCCNc1cc(C2CC(N)C2)ncn1. The van der Waals surface area contributed by atoms with Crippen LogP contribution in [-0.2, 0) is 0 Å². The molecule has 0 spiro atoms. The van der Waals surface area contributed by atoms with Crippen LogP contribution in [0.15, 0.2) is 12.4 Å². The van der Waals surface area contributed by atoms with Crippen LogP contribution in [0.5, 0.6) is 0 Å². The number of nitrogens with zero attached hydrogens (tertiary/aromatic N) is 3. The van der Waals surface area contributed by atoms with Gasteiger partial charge in [-0.1, -0.05) is 6.42 Å². The summed E-state index contributed by atoms with van der Waals surface area (Å²) in [7, 11) is 4.24. The quantitative estimate of drug-likeness (QED) is 0.710. The van der Waals surface area contributed by atoms with Crippen molar-refractivity contribution in [3.8, 4) is 0 Å². The molecule has 2 rings (SSSR count). The molecule has 5 heteroatoms. The molecule has 1 heterocycles. The van der Waals surface area contributed by atoms with Gasteiger partial charge < -0.3 is 16.0 Å². The van der Waals surface area contributed by atoms with E-state index in [9.17, 15) is 0 Å². The average Bonchev–Trinajstić information content (AvgIpc) is 2.39. The molecule has 1 aliphatic rings. The monoisotopic (exact) mass is 277 g/mol. The Kier molecular flexibility index (Phi) is 5.73. The molecule has 0 unspecified atom stereocenters. The minimum absolute atomic E-state index is 0.364. The largest absolute Gasteiger partial charge is 0.370 e. The van der Waals surface area contributed by atoms with Crippen molar-refractivity contribution in [2.24, 2.45) is 5.73 Å². The van der Waals surface area contributed by atoms with Crippen LogP contribution >= 0.6 is 0 Å². The fourth-order valence-corrected chi connectivity index (χ4v) is 2.54. The van der Waals surface area contributed by atoms with E-state index in [-0.39, 0.29) is 0 Å². The lowest BCUT2D eigenvalue weighted by molar-refractivity contribution is 0.345. The summed E-state index contributed by atoms with van der Waals surface area (Å²) in [5, 5.41) is 3.39. The molecule has 1 aromatic rings. The summed E-state index contributed by atoms with van der Waals surface area (Å²) < 4.78 is 0. The van der Waals surface area contributed by atoms with Gasteiger partial charge in [0.1, 0.15) is 12.1 Å². The number of unbranched alkanes of at least 4 members (excludes halogenated alkanes) is 2. The van der Waals surface area contributed by atoms with E-state index in [4.69, 9.17) is 5.73 Å². The van der Waals surface area contributed by atoms with E-state index in [2.05, 4.69) is 40.3 Å². The Morgan fingerprint density at radius 1 is 1.25 bits per heavy atom. The zero-order chi connectivity index (χ0) is 14.4. The van der Waals surface area contributed by atoms with Crippen molar-refractivity contribution in [1.29, 1.82) is 0 Å². The van der Waals surface area contributed by atoms with Crippen molar-refractivity contribution in [2.75, 3.05) is 32.5 Å². The van der Waals surface area contributed by atoms with Crippen molar-refractivity contribution in [1.82, 2.24) is 14.9 Å². The van der Waals surface area contributed by atoms with E-state index in [1.165, 1.54) is 25.8 Å². The Hall–Kier alpha value is -1.20. The van der Waals surface area contributed by atoms with Gasteiger partial charge in [0.25, 0.3) is 0 Å². The molecule has 0 aromatic carbocycles. The summed E-state index contributed by atoms with van der Waals surface area (Å²) in [6.45, 7) is 2.15. The second kappa shape index (κ2) is 7.55. The Morgan fingerprint density at radius 3 is 2.75 bits per heavy atom. The maximum absolute atomic E-state index is 5.83. The molecular formula is C15H27N5.